The quantitative estimate of drug-likeness (QED) is 0.709. The number of likely N-dealkylation sites (tertiary alicyclic amines) is 1. The molecule has 2 aliphatic heterocycles. The average Bonchev–Trinajstić information content (AvgIpc) is 2.42. The van der Waals surface area contributed by atoms with Crippen LogP contribution in [0.15, 0.2) is 24.3 Å². The van der Waals surface area contributed by atoms with Gasteiger partial charge in [0.05, 0.1) is 5.54 Å². The molecule has 1 amide bonds. The van der Waals surface area contributed by atoms with Crippen molar-refractivity contribution in [1.82, 2.24) is 9.80 Å². The predicted molar refractivity (Wildman–Crippen MR) is 74.3 cm³/mol. The second-order valence-corrected chi connectivity index (χ2v) is 5.65. The largest absolute Gasteiger partial charge is 0.333 e. The predicted octanol–water partition coefficient (Wildman–Crippen LogP) is 2.05. The van der Waals surface area contributed by atoms with Crippen LogP contribution in [0.25, 0.3) is 0 Å². The molecular formula is C16H20N2O. The lowest BCUT2D eigenvalue weighted by atomic mass is 9.74. The lowest BCUT2D eigenvalue weighted by Gasteiger charge is -2.51. The van der Waals surface area contributed by atoms with Crippen LogP contribution in [0.5, 0.6) is 0 Å². The standard InChI is InChI=1S/C16H20N2O/c1-13(19)18-10-7-14-5-3-4-6-15(14)16(18)8-11-17(2)12-9-16/h2-6H,7-12H2,1H3. The molecule has 0 unspecified atom stereocenters. The third-order valence-corrected chi connectivity index (χ3v) is 4.65. The van der Waals surface area contributed by atoms with Gasteiger partial charge in [0, 0.05) is 33.6 Å². The number of amides is 1. The molecule has 3 nitrogen and oxygen atoms in total. The van der Waals surface area contributed by atoms with Crippen LogP contribution in [0.2, 0.25) is 0 Å². The number of carbonyl (C=O) groups is 1. The van der Waals surface area contributed by atoms with Crippen LogP contribution in [0.3, 0.4) is 0 Å². The van der Waals surface area contributed by atoms with E-state index in [-0.39, 0.29) is 11.4 Å². The van der Waals surface area contributed by atoms with Gasteiger partial charge in [-0.3, -0.25) is 9.69 Å². The smallest absolute Gasteiger partial charge is 0.220 e. The third kappa shape index (κ3) is 1.96. The lowest BCUT2D eigenvalue weighted by molar-refractivity contribution is -0.138. The van der Waals surface area contributed by atoms with E-state index in [4.69, 9.17) is 7.05 Å². The van der Waals surface area contributed by atoms with E-state index < -0.39 is 0 Å². The Balaban J connectivity index is 2.07. The molecule has 1 aromatic rings. The van der Waals surface area contributed by atoms with Crippen LogP contribution in [-0.4, -0.2) is 35.3 Å². The Morgan fingerprint density at radius 1 is 1.21 bits per heavy atom. The monoisotopic (exact) mass is 256 g/mol. The van der Waals surface area contributed by atoms with Crippen molar-refractivity contribution in [2.75, 3.05) is 19.6 Å². The van der Waals surface area contributed by atoms with Crippen molar-refractivity contribution >= 4 is 5.91 Å². The molecule has 19 heavy (non-hydrogen) atoms. The highest BCUT2D eigenvalue weighted by Crippen LogP contribution is 2.43. The molecule has 2 radical (unpaired) electrons. The topological polar surface area (TPSA) is 23.6 Å². The zero-order chi connectivity index (χ0) is 13.5. The number of hydrogen-bond donors (Lipinski definition) is 0. The minimum atomic E-state index is -0.128. The molecular weight excluding hydrogens is 236 g/mol. The van der Waals surface area contributed by atoms with Crippen molar-refractivity contribution in [2.24, 2.45) is 0 Å². The third-order valence-electron chi connectivity index (χ3n) is 4.65. The maximum Gasteiger partial charge on any atom is 0.220 e. The Hall–Kier alpha value is -1.35. The van der Waals surface area contributed by atoms with Gasteiger partial charge in [-0.2, -0.15) is 0 Å². The summed E-state index contributed by atoms with van der Waals surface area (Å²) in [5.41, 5.74) is 2.60. The van der Waals surface area contributed by atoms with E-state index in [1.54, 1.807) is 6.92 Å². The van der Waals surface area contributed by atoms with E-state index in [1.165, 1.54) is 11.1 Å². The summed E-state index contributed by atoms with van der Waals surface area (Å²) in [5, 5.41) is 0. The number of nitrogens with zero attached hydrogens (tertiary/aromatic N) is 2. The van der Waals surface area contributed by atoms with E-state index in [0.29, 0.717) is 0 Å². The van der Waals surface area contributed by atoms with Crippen LogP contribution < -0.4 is 0 Å². The lowest BCUT2D eigenvalue weighted by Crippen LogP contribution is -2.57. The van der Waals surface area contributed by atoms with Crippen molar-refractivity contribution < 1.29 is 4.79 Å². The molecule has 0 aromatic heterocycles. The summed E-state index contributed by atoms with van der Waals surface area (Å²) in [6, 6.07) is 8.56. The van der Waals surface area contributed by atoms with Gasteiger partial charge in [0.2, 0.25) is 5.91 Å². The van der Waals surface area contributed by atoms with E-state index in [9.17, 15) is 4.79 Å². The molecule has 3 rings (SSSR count). The van der Waals surface area contributed by atoms with Crippen LogP contribution in [0.4, 0.5) is 0 Å². The first-order chi connectivity index (χ1) is 9.13. The number of benzene rings is 1. The number of carbonyl (C=O) groups excluding carboxylic acids is 1. The molecule has 0 atom stereocenters. The molecule has 1 saturated heterocycles. The molecule has 0 bridgehead atoms. The molecule has 0 aliphatic carbocycles. The molecule has 2 heterocycles. The van der Waals surface area contributed by atoms with E-state index in [1.807, 2.05) is 4.90 Å². The Labute approximate surface area is 115 Å². The fraction of sp³-hybridized carbons (Fsp3) is 0.500. The molecule has 1 spiro atoms. The summed E-state index contributed by atoms with van der Waals surface area (Å²) in [7, 11) is 5.90. The van der Waals surface area contributed by atoms with Gasteiger partial charge in [0.1, 0.15) is 0 Å². The zero-order valence-corrected chi connectivity index (χ0v) is 11.4. The number of piperidine rings is 1. The summed E-state index contributed by atoms with van der Waals surface area (Å²) < 4.78 is 0. The fourth-order valence-electron chi connectivity index (χ4n) is 3.68. The van der Waals surface area contributed by atoms with E-state index in [2.05, 4.69) is 29.2 Å². The molecule has 0 N–H and O–H groups in total. The molecule has 1 aromatic carbocycles. The summed E-state index contributed by atoms with van der Waals surface area (Å²) in [6.45, 7) is 4.21. The Morgan fingerprint density at radius 3 is 2.58 bits per heavy atom. The number of hydrogen-bond acceptors (Lipinski definition) is 2. The summed E-state index contributed by atoms with van der Waals surface area (Å²) in [4.78, 5) is 16.0. The van der Waals surface area contributed by atoms with Gasteiger partial charge in [-0.05, 0) is 30.4 Å². The maximum atomic E-state index is 12.0. The summed E-state index contributed by atoms with van der Waals surface area (Å²) in [6.07, 6.45) is 2.82. The number of fused-ring (bicyclic) bond motifs is 2. The molecule has 2 aliphatic rings. The van der Waals surface area contributed by atoms with E-state index in [0.717, 1.165) is 38.9 Å². The zero-order valence-electron chi connectivity index (χ0n) is 11.4. The first-order valence-corrected chi connectivity index (χ1v) is 7.00. The van der Waals surface area contributed by atoms with Crippen LogP contribution >= 0.6 is 0 Å². The summed E-state index contributed by atoms with van der Waals surface area (Å²) >= 11 is 0. The van der Waals surface area contributed by atoms with Crippen LogP contribution in [0.1, 0.15) is 30.9 Å². The highest BCUT2D eigenvalue weighted by molar-refractivity contribution is 5.75. The maximum absolute atomic E-state index is 12.0. The highest BCUT2D eigenvalue weighted by atomic mass is 16.2. The van der Waals surface area contributed by atoms with Crippen molar-refractivity contribution in [3.05, 3.63) is 42.4 Å². The van der Waals surface area contributed by atoms with Gasteiger partial charge in [0.25, 0.3) is 0 Å². The normalized spacial score (nSPS) is 22.3. The van der Waals surface area contributed by atoms with Crippen molar-refractivity contribution in [3.8, 4) is 0 Å². The second kappa shape index (κ2) is 4.64. The van der Waals surface area contributed by atoms with Gasteiger partial charge in [-0.25, -0.2) is 0 Å². The van der Waals surface area contributed by atoms with Crippen LogP contribution in [0, 0.1) is 7.05 Å². The first kappa shape index (κ1) is 12.7. The first-order valence-electron chi connectivity index (χ1n) is 7.00. The van der Waals surface area contributed by atoms with Crippen LogP contribution in [-0.2, 0) is 16.8 Å². The number of rotatable bonds is 0. The van der Waals surface area contributed by atoms with Crippen molar-refractivity contribution in [2.45, 2.75) is 31.7 Å². The highest BCUT2D eigenvalue weighted by Gasteiger charge is 2.45. The van der Waals surface area contributed by atoms with Gasteiger partial charge in [-0.15, -0.1) is 0 Å². The average molecular weight is 256 g/mol. The minimum Gasteiger partial charge on any atom is -0.333 e. The van der Waals surface area contributed by atoms with Crippen molar-refractivity contribution in [1.29, 1.82) is 0 Å². The second-order valence-electron chi connectivity index (χ2n) is 5.65. The van der Waals surface area contributed by atoms with Gasteiger partial charge in [0.15, 0.2) is 0 Å². The summed E-state index contributed by atoms with van der Waals surface area (Å²) in [5.74, 6) is 0.181. The van der Waals surface area contributed by atoms with E-state index >= 15 is 0 Å². The molecule has 1 fully saturated rings. The fourth-order valence-corrected chi connectivity index (χ4v) is 3.68. The molecule has 0 saturated carbocycles. The molecule has 100 valence electrons. The van der Waals surface area contributed by atoms with Crippen molar-refractivity contribution in [3.63, 3.8) is 0 Å². The van der Waals surface area contributed by atoms with Gasteiger partial charge >= 0.3 is 0 Å². The molecule has 3 heteroatoms. The minimum absolute atomic E-state index is 0.128. The Morgan fingerprint density at radius 2 is 1.89 bits per heavy atom. The Kier molecular flexibility index (Phi) is 3.09. The SMILES string of the molecule is [CH]N1CCC2(CC1)c1ccccc1CCN2C(C)=O. The van der Waals surface area contributed by atoms with Gasteiger partial charge in [-0.1, -0.05) is 24.3 Å². The Bertz CT molecular complexity index is 489. The van der Waals surface area contributed by atoms with Gasteiger partial charge < -0.3 is 4.90 Å².